The van der Waals surface area contributed by atoms with Gasteiger partial charge in [-0.05, 0) is 104 Å². The Kier molecular flexibility index (Phi) is 20.6. The van der Waals surface area contributed by atoms with Crippen molar-refractivity contribution in [1.29, 1.82) is 0 Å². The minimum absolute atomic E-state index is 0.00949. The number of fused-ring (bicyclic) bond motifs is 3. The van der Waals surface area contributed by atoms with Crippen LogP contribution in [0.4, 0.5) is 0 Å². The topological polar surface area (TPSA) is 182 Å². The van der Waals surface area contributed by atoms with E-state index in [0.717, 1.165) is 33.4 Å². The summed E-state index contributed by atoms with van der Waals surface area (Å²) in [5.74, 6) is -3.05. The zero-order valence-electron chi connectivity index (χ0n) is 63.9. The first kappa shape index (κ1) is 75.9. The molecule has 0 bridgehead atoms. The molecule has 4 heterocycles. The van der Waals surface area contributed by atoms with E-state index < -0.39 is 72.4 Å². The Balaban J connectivity index is 0.000000273. The third-order valence-electron chi connectivity index (χ3n) is 22.2. The maximum Gasteiger partial charge on any atom is 0.338 e. The van der Waals surface area contributed by atoms with E-state index in [2.05, 4.69) is 109 Å². The number of carboxylic acid groups (broad SMARTS) is 1. The first-order chi connectivity index (χ1) is 50.0. The standard InChI is InChI=1S/C61H70O11Si2.C26H28O5Si/c1-39-40(2)53(66-57(63)43-35-49-55(51(37-43)72-74(12,13)59(7,8)9)70-61(68-49,46-30-22-16-23-31-46)47-32-24-17-25-33-47)52(65-41(39)3)38-64-56(62)42-34-48-54(50(36-42)71-73(10,11)58(4,5)6)69-60(67-48,44-26-18-14-19-27-44)45-28-20-15-21-29-45;1-25(2,3)32(4,5)31-22-17-18(24(27)28)16-21-23(22)30-26(29-21,19-12-8-6-9-13-19)20-14-10-7-11-15-20/h14-37,39-41,52-53H,38H2,1-13H3;6-17H,1-5H3,(H,27,28). The molecule has 0 aliphatic carbocycles. The van der Waals surface area contributed by atoms with Crippen LogP contribution in [0.5, 0.6) is 51.7 Å². The molecule has 1 fully saturated rings. The lowest BCUT2D eigenvalue weighted by atomic mass is 9.82. The third-order valence-corrected chi connectivity index (χ3v) is 35.2. The SMILES string of the molecule is CC(C)(C)[Si](C)(C)Oc1cc(C(=O)O)cc2c1OC(c1ccccc1)(c1ccccc1)O2.CC1OC(COC(=O)c2cc3c(c(O[Si](C)(C)C(C)(C)C)c2)OC(c2ccccc2)(c2ccccc2)O3)C(OC(=O)c2cc3c(c(O[Si](C)(C)C(C)(C)C)c2)OC(c2ccccc2)(c2ccccc2)O3)C(C)C1C. The van der Waals surface area contributed by atoms with E-state index in [9.17, 15) is 19.5 Å². The van der Waals surface area contributed by atoms with Crippen molar-refractivity contribution in [2.24, 2.45) is 11.8 Å². The van der Waals surface area contributed by atoms with Gasteiger partial charge < -0.3 is 61.0 Å². The summed E-state index contributed by atoms with van der Waals surface area (Å²) >= 11 is 0. The molecule has 4 aliphatic heterocycles. The number of esters is 2. The molecule has 16 nitrogen and oxygen atoms in total. The van der Waals surface area contributed by atoms with Gasteiger partial charge in [-0.25, -0.2) is 14.4 Å². The number of rotatable bonds is 18. The summed E-state index contributed by atoms with van der Waals surface area (Å²) in [7, 11) is -7.32. The number of carbonyl (C=O) groups is 3. The molecule has 0 saturated carbocycles. The van der Waals surface area contributed by atoms with Crippen LogP contribution >= 0.6 is 0 Å². The van der Waals surface area contributed by atoms with Crippen LogP contribution in [0.3, 0.4) is 0 Å². The molecule has 554 valence electrons. The Hall–Kier alpha value is -9.80. The average Bonchev–Trinajstić information content (AvgIpc) is 1.59. The van der Waals surface area contributed by atoms with E-state index in [0.29, 0.717) is 51.7 Å². The number of carbonyl (C=O) groups excluding carboxylic acids is 2. The van der Waals surface area contributed by atoms with Crippen molar-refractivity contribution in [3.63, 3.8) is 0 Å². The summed E-state index contributed by atoms with van der Waals surface area (Å²) in [6, 6.07) is 67.9. The minimum Gasteiger partial charge on any atom is -0.541 e. The first-order valence-electron chi connectivity index (χ1n) is 36.3. The Morgan fingerprint density at radius 1 is 0.387 bits per heavy atom. The lowest BCUT2D eigenvalue weighted by Gasteiger charge is -2.43. The molecule has 0 amide bonds. The number of ether oxygens (including phenoxy) is 9. The second-order valence-corrected chi connectivity index (χ2v) is 46.7. The number of aromatic carboxylic acids is 1. The van der Waals surface area contributed by atoms with Gasteiger partial charge in [0.25, 0.3) is 25.0 Å². The number of hydrogen-bond donors (Lipinski definition) is 1. The highest BCUT2D eigenvalue weighted by molar-refractivity contribution is 6.75. The summed E-state index contributed by atoms with van der Waals surface area (Å²) < 4.78 is 80.4. The van der Waals surface area contributed by atoms with Crippen LogP contribution in [0.25, 0.3) is 0 Å². The minimum atomic E-state index is -2.53. The summed E-state index contributed by atoms with van der Waals surface area (Å²) in [4.78, 5) is 41.2. The highest BCUT2D eigenvalue weighted by Crippen LogP contribution is 2.58. The van der Waals surface area contributed by atoms with E-state index in [1.165, 1.54) is 12.1 Å². The monoisotopic (exact) mass is 1480 g/mol. The van der Waals surface area contributed by atoms with Gasteiger partial charge in [0.05, 0.1) is 22.8 Å². The number of carboxylic acids is 1. The highest BCUT2D eigenvalue weighted by Gasteiger charge is 2.53. The maximum atomic E-state index is 14.8. The van der Waals surface area contributed by atoms with E-state index >= 15 is 0 Å². The molecule has 13 rings (SSSR count). The predicted octanol–water partition coefficient (Wildman–Crippen LogP) is 20.7. The quantitative estimate of drug-likeness (QED) is 0.0632. The molecule has 0 spiro atoms. The fraction of sp³-hybridized carbons (Fsp3) is 0.345. The van der Waals surface area contributed by atoms with Crippen molar-refractivity contribution in [2.75, 3.05) is 6.61 Å². The van der Waals surface area contributed by atoms with Gasteiger partial charge in [-0.15, -0.1) is 0 Å². The Morgan fingerprint density at radius 2 is 0.660 bits per heavy atom. The van der Waals surface area contributed by atoms with Crippen LogP contribution in [0.1, 0.15) is 148 Å². The van der Waals surface area contributed by atoms with Crippen LogP contribution in [0.2, 0.25) is 54.4 Å². The normalized spacial score (nSPS) is 19.0. The Bertz CT molecular complexity index is 4530. The van der Waals surface area contributed by atoms with Gasteiger partial charge >= 0.3 is 35.3 Å². The van der Waals surface area contributed by atoms with E-state index in [1.54, 1.807) is 24.3 Å². The Labute approximate surface area is 626 Å². The van der Waals surface area contributed by atoms with Crippen LogP contribution in [-0.4, -0.2) is 72.9 Å². The first-order valence-corrected chi connectivity index (χ1v) is 45.0. The lowest BCUT2D eigenvalue weighted by molar-refractivity contribution is -0.176. The van der Waals surface area contributed by atoms with Gasteiger partial charge in [-0.1, -0.05) is 258 Å². The van der Waals surface area contributed by atoms with Crippen molar-refractivity contribution in [3.8, 4) is 51.7 Å². The van der Waals surface area contributed by atoms with Gasteiger partial charge in [0.2, 0.25) is 17.2 Å². The van der Waals surface area contributed by atoms with Crippen LogP contribution in [-0.2, 0) is 31.6 Å². The van der Waals surface area contributed by atoms with Gasteiger partial charge in [0, 0.05) is 39.3 Å². The van der Waals surface area contributed by atoms with E-state index in [4.69, 9.17) is 55.9 Å². The van der Waals surface area contributed by atoms with E-state index in [-0.39, 0.29) is 56.4 Å². The summed E-state index contributed by atoms with van der Waals surface area (Å²) in [5, 5.41) is 9.28. The molecule has 1 N–H and O–H groups in total. The van der Waals surface area contributed by atoms with Crippen molar-refractivity contribution < 1.29 is 75.4 Å². The van der Waals surface area contributed by atoms with Gasteiger partial charge in [-0.3, -0.25) is 0 Å². The zero-order valence-corrected chi connectivity index (χ0v) is 66.9. The molecule has 5 unspecified atom stereocenters. The Morgan fingerprint density at radius 3 is 0.943 bits per heavy atom. The molecule has 9 aromatic rings. The second-order valence-electron chi connectivity index (χ2n) is 32.5. The smallest absolute Gasteiger partial charge is 0.338 e. The zero-order chi connectivity index (χ0) is 76.2. The molecular weight excluding hydrogens is 1390 g/mol. The maximum absolute atomic E-state index is 14.8. The molecule has 106 heavy (non-hydrogen) atoms. The number of benzene rings is 9. The molecule has 19 heteroatoms. The third kappa shape index (κ3) is 14.8. The highest BCUT2D eigenvalue weighted by atomic mass is 28.4. The summed E-state index contributed by atoms with van der Waals surface area (Å²) in [6.45, 7) is 38.0. The molecule has 0 aromatic heterocycles. The fourth-order valence-electron chi connectivity index (χ4n) is 12.5. The van der Waals surface area contributed by atoms with Crippen molar-refractivity contribution in [2.45, 2.75) is 173 Å². The summed E-state index contributed by atoms with van der Waals surface area (Å²) in [5.41, 5.74) is 5.19. The largest absolute Gasteiger partial charge is 0.541 e. The molecule has 4 aliphatic rings. The number of hydrogen-bond acceptors (Lipinski definition) is 15. The van der Waals surface area contributed by atoms with Crippen LogP contribution in [0.15, 0.2) is 218 Å². The van der Waals surface area contributed by atoms with Crippen molar-refractivity contribution >= 4 is 42.9 Å². The van der Waals surface area contributed by atoms with Crippen LogP contribution < -0.4 is 41.7 Å². The van der Waals surface area contributed by atoms with Gasteiger partial charge in [-0.2, -0.15) is 0 Å². The van der Waals surface area contributed by atoms with Gasteiger partial charge in [0.15, 0.2) is 34.5 Å². The molecule has 1 saturated heterocycles. The second kappa shape index (κ2) is 28.8. The van der Waals surface area contributed by atoms with E-state index in [1.807, 2.05) is 196 Å². The molecular formula is C87H98O16Si3. The molecule has 9 aromatic carbocycles. The fourth-order valence-corrected chi connectivity index (χ4v) is 15.6. The van der Waals surface area contributed by atoms with Crippen molar-refractivity contribution in [1.82, 2.24) is 0 Å². The predicted molar refractivity (Wildman–Crippen MR) is 417 cm³/mol. The summed E-state index contributed by atoms with van der Waals surface area (Å²) in [6.07, 6.45) is -1.86. The van der Waals surface area contributed by atoms with Gasteiger partial charge in [0.1, 0.15) is 18.8 Å². The lowest BCUT2D eigenvalue weighted by Crippen LogP contribution is -2.52. The van der Waals surface area contributed by atoms with Crippen LogP contribution in [0, 0.1) is 11.8 Å². The molecule has 0 radical (unpaired) electrons. The molecule has 5 atom stereocenters. The van der Waals surface area contributed by atoms with Crippen molar-refractivity contribution in [3.05, 3.63) is 268 Å². The average molecular weight is 1480 g/mol.